The van der Waals surface area contributed by atoms with Crippen molar-refractivity contribution in [2.75, 3.05) is 13.0 Å². The van der Waals surface area contributed by atoms with E-state index in [1.807, 2.05) is 31.3 Å². The zero-order valence-electron chi connectivity index (χ0n) is 12.0. The van der Waals surface area contributed by atoms with E-state index in [1.54, 1.807) is 18.4 Å². The summed E-state index contributed by atoms with van der Waals surface area (Å²) < 4.78 is 7.48. The maximum Gasteiger partial charge on any atom is 0.121 e. The van der Waals surface area contributed by atoms with Crippen LogP contribution in [0.1, 0.15) is 15.7 Å². The molecule has 0 spiro atoms. The van der Waals surface area contributed by atoms with E-state index in [0.717, 1.165) is 40.6 Å². The summed E-state index contributed by atoms with van der Waals surface area (Å²) in [4.78, 5) is 10.2. The first-order valence-electron chi connectivity index (χ1n) is 6.71. The first kappa shape index (κ1) is 14.4. The van der Waals surface area contributed by atoms with E-state index in [1.165, 1.54) is 4.88 Å². The molecule has 0 N–H and O–H groups in total. The molecule has 0 aliphatic heterocycles. The molecule has 6 heteroatoms. The average molecular weight is 322 g/mol. The SMILES string of the molecule is COc1ccc2c(c1)nc(CCCl)n2Cc1cnc(C)s1. The zero-order chi connectivity index (χ0) is 14.8. The van der Waals surface area contributed by atoms with E-state index in [4.69, 9.17) is 21.3 Å². The Morgan fingerprint density at radius 3 is 2.90 bits per heavy atom. The molecular weight excluding hydrogens is 306 g/mol. The molecule has 110 valence electrons. The third-order valence-electron chi connectivity index (χ3n) is 3.34. The Hall–Kier alpha value is -1.59. The quantitative estimate of drug-likeness (QED) is 0.674. The van der Waals surface area contributed by atoms with Crippen LogP contribution in [0.5, 0.6) is 5.75 Å². The van der Waals surface area contributed by atoms with Crippen molar-refractivity contribution in [1.82, 2.24) is 14.5 Å². The van der Waals surface area contributed by atoms with E-state index in [9.17, 15) is 0 Å². The summed E-state index contributed by atoms with van der Waals surface area (Å²) in [5.41, 5.74) is 2.04. The summed E-state index contributed by atoms with van der Waals surface area (Å²) >= 11 is 7.63. The van der Waals surface area contributed by atoms with Gasteiger partial charge in [0.15, 0.2) is 0 Å². The number of nitrogens with zero attached hydrogens (tertiary/aromatic N) is 3. The molecule has 0 unspecified atom stereocenters. The lowest BCUT2D eigenvalue weighted by molar-refractivity contribution is 0.415. The topological polar surface area (TPSA) is 39.9 Å². The molecule has 0 bridgehead atoms. The molecule has 0 saturated carbocycles. The van der Waals surface area contributed by atoms with Crippen LogP contribution in [0, 0.1) is 6.92 Å². The normalized spacial score (nSPS) is 11.2. The Kier molecular flexibility index (Phi) is 4.12. The van der Waals surface area contributed by atoms with Gasteiger partial charge in [0.25, 0.3) is 0 Å². The molecule has 0 saturated heterocycles. The molecule has 0 fully saturated rings. The fraction of sp³-hybridized carbons (Fsp3) is 0.333. The van der Waals surface area contributed by atoms with Crippen molar-refractivity contribution in [3.63, 3.8) is 0 Å². The number of benzene rings is 1. The van der Waals surface area contributed by atoms with Gasteiger partial charge in [-0.05, 0) is 19.1 Å². The van der Waals surface area contributed by atoms with Crippen LogP contribution < -0.4 is 4.74 Å². The molecule has 4 nitrogen and oxygen atoms in total. The average Bonchev–Trinajstić information content (AvgIpc) is 3.04. The second kappa shape index (κ2) is 6.03. The summed E-state index contributed by atoms with van der Waals surface area (Å²) in [5, 5.41) is 1.08. The van der Waals surface area contributed by atoms with Gasteiger partial charge >= 0.3 is 0 Å². The number of alkyl halides is 1. The second-order valence-electron chi connectivity index (χ2n) is 4.75. The minimum atomic E-state index is 0.558. The minimum Gasteiger partial charge on any atom is -0.497 e. The largest absolute Gasteiger partial charge is 0.497 e. The van der Waals surface area contributed by atoms with Crippen molar-refractivity contribution in [1.29, 1.82) is 0 Å². The summed E-state index contributed by atoms with van der Waals surface area (Å²) in [7, 11) is 1.66. The molecule has 3 rings (SSSR count). The van der Waals surface area contributed by atoms with Gasteiger partial charge in [-0.1, -0.05) is 0 Å². The van der Waals surface area contributed by atoms with Gasteiger partial charge in [0.1, 0.15) is 11.6 Å². The minimum absolute atomic E-state index is 0.558. The predicted molar refractivity (Wildman–Crippen MR) is 86.7 cm³/mol. The number of aromatic nitrogens is 3. The van der Waals surface area contributed by atoms with Gasteiger partial charge in [-0.25, -0.2) is 9.97 Å². The van der Waals surface area contributed by atoms with Crippen molar-refractivity contribution in [2.45, 2.75) is 19.9 Å². The van der Waals surface area contributed by atoms with E-state index in [2.05, 4.69) is 9.55 Å². The number of halogens is 1. The Labute approximate surface area is 132 Å². The van der Waals surface area contributed by atoms with Crippen LogP contribution in [0.4, 0.5) is 0 Å². The third kappa shape index (κ3) is 2.89. The van der Waals surface area contributed by atoms with Gasteiger partial charge in [0.2, 0.25) is 0 Å². The molecule has 0 radical (unpaired) electrons. The molecule has 0 aliphatic rings. The maximum absolute atomic E-state index is 5.91. The monoisotopic (exact) mass is 321 g/mol. The van der Waals surface area contributed by atoms with Crippen molar-refractivity contribution >= 4 is 34.0 Å². The van der Waals surface area contributed by atoms with Crippen LogP contribution in [0.2, 0.25) is 0 Å². The van der Waals surface area contributed by atoms with Crippen molar-refractivity contribution in [2.24, 2.45) is 0 Å². The van der Waals surface area contributed by atoms with Crippen molar-refractivity contribution in [3.05, 3.63) is 40.1 Å². The molecule has 21 heavy (non-hydrogen) atoms. The first-order valence-corrected chi connectivity index (χ1v) is 8.07. The molecule has 1 aromatic carbocycles. The molecular formula is C15H16ClN3OS. The maximum atomic E-state index is 5.91. The number of thiazole rings is 1. The highest BCUT2D eigenvalue weighted by Gasteiger charge is 2.12. The number of imidazole rings is 1. The van der Waals surface area contributed by atoms with Gasteiger partial charge < -0.3 is 9.30 Å². The molecule has 2 aromatic heterocycles. The summed E-state index contributed by atoms with van der Waals surface area (Å²) in [6, 6.07) is 5.97. The summed E-state index contributed by atoms with van der Waals surface area (Å²) in [5.74, 6) is 2.37. The van der Waals surface area contributed by atoms with Crippen LogP contribution in [0.25, 0.3) is 11.0 Å². The highest BCUT2D eigenvalue weighted by atomic mass is 35.5. The fourth-order valence-electron chi connectivity index (χ4n) is 2.37. The standard InChI is InChI=1S/C15H16ClN3OS/c1-10-17-8-12(21-10)9-19-14-4-3-11(20-2)7-13(14)18-15(19)5-6-16/h3-4,7-8H,5-6,9H2,1-2H3. The van der Waals surface area contributed by atoms with Crippen LogP contribution in [-0.4, -0.2) is 27.5 Å². The van der Waals surface area contributed by atoms with E-state index >= 15 is 0 Å². The highest BCUT2D eigenvalue weighted by Crippen LogP contribution is 2.24. The van der Waals surface area contributed by atoms with Crippen LogP contribution in [-0.2, 0) is 13.0 Å². The number of fused-ring (bicyclic) bond motifs is 1. The number of hydrogen-bond acceptors (Lipinski definition) is 4. The van der Waals surface area contributed by atoms with Crippen molar-refractivity contribution in [3.8, 4) is 5.75 Å². The Morgan fingerprint density at radius 2 is 2.24 bits per heavy atom. The first-order chi connectivity index (χ1) is 10.2. The summed E-state index contributed by atoms with van der Waals surface area (Å²) in [6.07, 6.45) is 2.68. The Bertz CT molecular complexity index is 765. The Balaban J connectivity index is 2.06. The lowest BCUT2D eigenvalue weighted by Gasteiger charge is -2.07. The van der Waals surface area contributed by atoms with Crippen molar-refractivity contribution < 1.29 is 4.74 Å². The number of ether oxygens (including phenoxy) is 1. The van der Waals surface area contributed by atoms with Gasteiger partial charge in [-0.3, -0.25) is 0 Å². The fourth-order valence-corrected chi connectivity index (χ4v) is 3.33. The number of hydrogen-bond donors (Lipinski definition) is 0. The third-order valence-corrected chi connectivity index (χ3v) is 4.42. The smallest absolute Gasteiger partial charge is 0.121 e. The van der Waals surface area contributed by atoms with Gasteiger partial charge in [0.05, 0.1) is 29.7 Å². The molecule has 2 heterocycles. The lowest BCUT2D eigenvalue weighted by Crippen LogP contribution is -2.04. The second-order valence-corrected chi connectivity index (χ2v) is 6.45. The van der Waals surface area contributed by atoms with Crippen LogP contribution in [0.3, 0.4) is 0 Å². The number of methoxy groups -OCH3 is 1. The predicted octanol–water partition coefficient (Wildman–Crippen LogP) is 3.64. The van der Waals surface area contributed by atoms with Gasteiger partial charge in [-0.15, -0.1) is 22.9 Å². The van der Waals surface area contributed by atoms with Gasteiger partial charge in [-0.2, -0.15) is 0 Å². The molecule has 0 aliphatic carbocycles. The summed E-state index contributed by atoms with van der Waals surface area (Å²) in [6.45, 7) is 2.80. The number of rotatable bonds is 5. The highest BCUT2D eigenvalue weighted by molar-refractivity contribution is 7.11. The van der Waals surface area contributed by atoms with Crippen LogP contribution in [0.15, 0.2) is 24.4 Å². The van der Waals surface area contributed by atoms with E-state index in [-0.39, 0.29) is 0 Å². The lowest BCUT2D eigenvalue weighted by atomic mass is 10.3. The van der Waals surface area contributed by atoms with Gasteiger partial charge in [0, 0.05) is 29.4 Å². The molecule has 0 amide bonds. The number of aryl methyl sites for hydroxylation is 2. The van der Waals surface area contributed by atoms with E-state index in [0.29, 0.717) is 5.88 Å². The molecule has 0 atom stereocenters. The van der Waals surface area contributed by atoms with E-state index < -0.39 is 0 Å². The Morgan fingerprint density at radius 1 is 1.38 bits per heavy atom. The molecule has 3 aromatic rings. The zero-order valence-corrected chi connectivity index (χ0v) is 13.5. The van der Waals surface area contributed by atoms with Crippen LogP contribution >= 0.6 is 22.9 Å².